The number of methoxy groups -OCH3 is 2. The predicted octanol–water partition coefficient (Wildman–Crippen LogP) is 4.49. The molecular weight excluding hydrogens is 451 g/mol. The van der Waals surface area contributed by atoms with Gasteiger partial charge in [0.15, 0.2) is 0 Å². The summed E-state index contributed by atoms with van der Waals surface area (Å²) in [5, 5.41) is 0.770. The second-order valence-electron chi connectivity index (χ2n) is 8.19. The van der Waals surface area contributed by atoms with Crippen LogP contribution in [0.1, 0.15) is 34.7 Å². The van der Waals surface area contributed by atoms with Gasteiger partial charge in [-0.05, 0) is 37.1 Å². The van der Waals surface area contributed by atoms with Crippen molar-refractivity contribution < 1.29 is 19.1 Å². The lowest BCUT2D eigenvalue weighted by atomic mass is 9.87. The molecule has 2 atom stereocenters. The topological polar surface area (TPSA) is 59.1 Å². The van der Waals surface area contributed by atoms with Crippen molar-refractivity contribution in [1.82, 2.24) is 9.80 Å². The summed E-state index contributed by atoms with van der Waals surface area (Å²) in [5.74, 6) is 0.646. The fraction of sp³-hybridized carbons (Fsp3) is 0.417. The first-order valence-electron chi connectivity index (χ1n) is 10.7. The van der Waals surface area contributed by atoms with Crippen molar-refractivity contribution in [2.24, 2.45) is 5.92 Å². The summed E-state index contributed by atoms with van der Waals surface area (Å²) in [5.41, 5.74) is 1.27. The number of halogens is 2. The van der Waals surface area contributed by atoms with E-state index in [-0.39, 0.29) is 23.7 Å². The van der Waals surface area contributed by atoms with Gasteiger partial charge in [-0.2, -0.15) is 0 Å². The zero-order chi connectivity index (χ0) is 22.8. The van der Waals surface area contributed by atoms with E-state index in [9.17, 15) is 9.59 Å². The van der Waals surface area contributed by atoms with Gasteiger partial charge in [0.25, 0.3) is 5.91 Å². The summed E-state index contributed by atoms with van der Waals surface area (Å²) in [4.78, 5) is 30.4. The third-order valence-electron chi connectivity index (χ3n) is 6.34. The van der Waals surface area contributed by atoms with E-state index in [1.54, 1.807) is 37.3 Å². The molecule has 2 unspecified atom stereocenters. The van der Waals surface area contributed by atoms with Gasteiger partial charge >= 0.3 is 0 Å². The van der Waals surface area contributed by atoms with Crippen molar-refractivity contribution in [3.63, 3.8) is 0 Å². The average Bonchev–Trinajstić information content (AvgIpc) is 3.48. The van der Waals surface area contributed by atoms with E-state index in [0.717, 1.165) is 31.5 Å². The lowest BCUT2D eigenvalue weighted by Crippen LogP contribution is -2.37. The van der Waals surface area contributed by atoms with Crippen molar-refractivity contribution in [3.8, 4) is 11.5 Å². The average molecular weight is 477 g/mol. The minimum atomic E-state index is -0.356. The minimum absolute atomic E-state index is 0.0860. The molecule has 2 aliphatic rings. The van der Waals surface area contributed by atoms with Gasteiger partial charge in [0.05, 0.1) is 30.7 Å². The fourth-order valence-corrected chi connectivity index (χ4v) is 5.15. The van der Waals surface area contributed by atoms with Crippen molar-refractivity contribution in [2.45, 2.75) is 18.8 Å². The second-order valence-corrected chi connectivity index (χ2v) is 9.03. The third-order valence-corrected chi connectivity index (χ3v) is 6.89. The van der Waals surface area contributed by atoms with Crippen LogP contribution >= 0.6 is 23.2 Å². The van der Waals surface area contributed by atoms with E-state index >= 15 is 0 Å². The largest absolute Gasteiger partial charge is 0.497 e. The van der Waals surface area contributed by atoms with Crippen LogP contribution in [-0.4, -0.2) is 62.0 Å². The van der Waals surface area contributed by atoms with Crippen LogP contribution in [-0.2, 0) is 4.79 Å². The van der Waals surface area contributed by atoms with Gasteiger partial charge in [0.1, 0.15) is 11.5 Å². The molecule has 2 fully saturated rings. The summed E-state index contributed by atoms with van der Waals surface area (Å²) in [7, 11) is 3.20. The molecule has 8 heteroatoms. The maximum atomic E-state index is 13.4. The molecule has 32 heavy (non-hydrogen) atoms. The van der Waals surface area contributed by atoms with E-state index in [1.807, 2.05) is 23.1 Å². The van der Waals surface area contributed by atoms with Crippen LogP contribution in [0, 0.1) is 5.92 Å². The Morgan fingerprint density at radius 1 is 0.938 bits per heavy atom. The first-order chi connectivity index (χ1) is 15.4. The Bertz CT molecular complexity index is 1020. The SMILES string of the molecule is COc1ccc(C2CN(C(=O)c3ccc(Cl)cc3Cl)CC2C(=O)N2CCCC2)c(OC)c1. The maximum Gasteiger partial charge on any atom is 0.255 e. The molecule has 2 saturated heterocycles. The quantitative estimate of drug-likeness (QED) is 0.637. The Labute approximate surface area is 198 Å². The van der Waals surface area contributed by atoms with Gasteiger partial charge in [-0.25, -0.2) is 0 Å². The highest BCUT2D eigenvalue weighted by atomic mass is 35.5. The molecule has 0 spiro atoms. The number of hydrogen-bond donors (Lipinski definition) is 0. The number of nitrogens with zero attached hydrogens (tertiary/aromatic N) is 2. The summed E-state index contributed by atoms with van der Waals surface area (Å²) in [6.07, 6.45) is 2.02. The number of benzene rings is 2. The molecule has 2 aromatic carbocycles. The van der Waals surface area contributed by atoms with E-state index in [4.69, 9.17) is 32.7 Å². The molecule has 0 saturated carbocycles. The van der Waals surface area contributed by atoms with Crippen LogP contribution in [0.15, 0.2) is 36.4 Å². The molecule has 2 aliphatic heterocycles. The van der Waals surface area contributed by atoms with Gasteiger partial charge < -0.3 is 19.3 Å². The molecule has 0 bridgehead atoms. The van der Waals surface area contributed by atoms with Crippen molar-refractivity contribution >= 4 is 35.0 Å². The summed E-state index contributed by atoms with van der Waals surface area (Å²) < 4.78 is 10.9. The van der Waals surface area contributed by atoms with Gasteiger partial charge in [-0.1, -0.05) is 29.3 Å². The smallest absolute Gasteiger partial charge is 0.255 e. The monoisotopic (exact) mass is 476 g/mol. The molecular formula is C24H26Cl2N2O4. The minimum Gasteiger partial charge on any atom is -0.497 e. The van der Waals surface area contributed by atoms with Crippen LogP contribution in [0.5, 0.6) is 11.5 Å². The van der Waals surface area contributed by atoms with E-state index in [1.165, 1.54) is 0 Å². The maximum absolute atomic E-state index is 13.4. The lowest BCUT2D eigenvalue weighted by molar-refractivity contribution is -0.134. The zero-order valence-corrected chi connectivity index (χ0v) is 19.7. The normalized spacial score (nSPS) is 20.5. The number of likely N-dealkylation sites (tertiary alicyclic amines) is 2. The molecule has 2 amide bonds. The number of rotatable bonds is 5. The number of carbonyl (C=O) groups is 2. The molecule has 6 nitrogen and oxygen atoms in total. The fourth-order valence-electron chi connectivity index (χ4n) is 4.67. The zero-order valence-electron chi connectivity index (χ0n) is 18.1. The second kappa shape index (κ2) is 9.59. The van der Waals surface area contributed by atoms with Gasteiger partial charge in [0.2, 0.25) is 5.91 Å². The molecule has 0 aliphatic carbocycles. The van der Waals surface area contributed by atoms with E-state index in [0.29, 0.717) is 40.2 Å². The number of ether oxygens (including phenoxy) is 2. The summed E-state index contributed by atoms with van der Waals surface area (Å²) in [6, 6.07) is 10.4. The Morgan fingerprint density at radius 3 is 2.34 bits per heavy atom. The summed E-state index contributed by atoms with van der Waals surface area (Å²) >= 11 is 12.3. The van der Waals surface area contributed by atoms with Crippen LogP contribution in [0.3, 0.4) is 0 Å². The number of amides is 2. The van der Waals surface area contributed by atoms with Gasteiger partial charge in [-0.15, -0.1) is 0 Å². The van der Waals surface area contributed by atoms with E-state index in [2.05, 4.69) is 0 Å². The Balaban J connectivity index is 1.68. The van der Waals surface area contributed by atoms with Crippen LogP contribution in [0.4, 0.5) is 0 Å². The summed E-state index contributed by atoms with van der Waals surface area (Å²) in [6.45, 7) is 2.25. The Morgan fingerprint density at radius 2 is 1.69 bits per heavy atom. The van der Waals surface area contributed by atoms with Crippen LogP contribution < -0.4 is 9.47 Å². The predicted molar refractivity (Wildman–Crippen MR) is 124 cm³/mol. The number of hydrogen-bond acceptors (Lipinski definition) is 4. The lowest BCUT2D eigenvalue weighted by Gasteiger charge is -2.25. The Hall–Kier alpha value is -2.44. The number of carbonyl (C=O) groups excluding carboxylic acids is 2. The molecule has 0 aromatic heterocycles. The standard InChI is InChI=1S/C24H26Cl2N2O4/c1-31-16-6-8-17(22(12-16)32-2)19-13-28(14-20(19)24(30)27-9-3-4-10-27)23(29)18-7-5-15(25)11-21(18)26/h5-8,11-12,19-20H,3-4,9-10,13-14H2,1-2H3. The van der Waals surface area contributed by atoms with E-state index < -0.39 is 0 Å². The Kier molecular flexibility index (Phi) is 6.82. The van der Waals surface area contributed by atoms with Crippen molar-refractivity contribution in [2.75, 3.05) is 40.4 Å². The molecule has 2 aromatic rings. The molecule has 0 radical (unpaired) electrons. The molecule has 0 N–H and O–H groups in total. The first-order valence-corrected chi connectivity index (χ1v) is 11.4. The van der Waals surface area contributed by atoms with Crippen LogP contribution in [0.2, 0.25) is 10.0 Å². The molecule has 170 valence electrons. The third kappa shape index (κ3) is 4.39. The first kappa shape index (κ1) is 22.7. The van der Waals surface area contributed by atoms with Crippen molar-refractivity contribution in [3.05, 3.63) is 57.6 Å². The highest BCUT2D eigenvalue weighted by Crippen LogP contribution is 2.41. The molecule has 2 heterocycles. The molecule has 4 rings (SSSR count). The van der Waals surface area contributed by atoms with Crippen molar-refractivity contribution in [1.29, 1.82) is 0 Å². The van der Waals surface area contributed by atoms with Crippen LogP contribution in [0.25, 0.3) is 0 Å². The highest BCUT2D eigenvalue weighted by molar-refractivity contribution is 6.36. The van der Waals surface area contributed by atoms with Gasteiger partial charge in [0, 0.05) is 48.7 Å². The highest BCUT2D eigenvalue weighted by Gasteiger charge is 2.43. The van der Waals surface area contributed by atoms with Gasteiger partial charge in [-0.3, -0.25) is 9.59 Å².